The van der Waals surface area contributed by atoms with Crippen molar-refractivity contribution in [2.45, 2.75) is 63.8 Å². The summed E-state index contributed by atoms with van der Waals surface area (Å²) in [5, 5.41) is 21.0. The molecule has 1 amide bonds. The van der Waals surface area contributed by atoms with Crippen molar-refractivity contribution in [1.29, 1.82) is 0 Å². The zero-order chi connectivity index (χ0) is 14.3. The average molecular weight is 271 g/mol. The van der Waals surface area contributed by atoms with Crippen molar-refractivity contribution in [1.82, 2.24) is 5.32 Å². The number of carboxylic acid groups (broad SMARTS) is 1. The Hall–Kier alpha value is -1.10. The van der Waals surface area contributed by atoms with E-state index in [1.54, 1.807) is 0 Å². The molecule has 0 radical (unpaired) electrons. The lowest BCUT2D eigenvalue weighted by atomic mass is 9.77. The van der Waals surface area contributed by atoms with E-state index in [1.165, 1.54) is 0 Å². The lowest BCUT2D eigenvalue weighted by Gasteiger charge is -2.38. The van der Waals surface area contributed by atoms with Gasteiger partial charge >= 0.3 is 5.97 Å². The summed E-state index contributed by atoms with van der Waals surface area (Å²) in [6.07, 6.45) is 5.25. The molecule has 1 aliphatic rings. The molecule has 1 rings (SSSR count). The number of hydrogen-bond acceptors (Lipinski definition) is 3. The molecule has 0 aromatic rings. The third kappa shape index (κ3) is 5.59. The monoisotopic (exact) mass is 271 g/mol. The van der Waals surface area contributed by atoms with Crippen LogP contribution in [0, 0.1) is 5.92 Å². The number of unbranched alkanes of at least 4 members (excludes halogenated alkanes) is 1. The molecule has 5 heteroatoms. The summed E-state index contributed by atoms with van der Waals surface area (Å²) in [5.74, 6) is -0.241. The molecule has 1 aliphatic carbocycles. The van der Waals surface area contributed by atoms with Crippen LogP contribution in [-0.2, 0) is 9.59 Å². The molecule has 1 saturated carbocycles. The summed E-state index contributed by atoms with van der Waals surface area (Å²) in [5.41, 5.74) is -0.448. The molecule has 0 aromatic carbocycles. The average Bonchev–Trinajstić information content (AvgIpc) is 2.38. The molecule has 0 atom stereocenters. The van der Waals surface area contributed by atoms with Gasteiger partial charge in [0.15, 0.2) is 0 Å². The minimum Gasteiger partial charge on any atom is -0.481 e. The highest BCUT2D eigenvalue weighted by Crippen LogP contribution is 2.31. The summed E-state index contributed by atoms with van der Waals surface area (Å²) in [6, 6.07) is 0. The van der Waals surface area contributed by atoms with Crippen LogP contribution in [0.2, 0.25) is 0 Å². The first kappa shape index (κ1) is 16.0. The molecule has 5 nitrogen and oxygen atoms in total. The van der Waals surface area contributed by atoms with E-state index >= 15 is 0 Å². The molecule has 1 fully saturated rings. The lowest BCUT2D eigenvalue weighted by molar-refractivity contribution is -0.137. The summed E-state index contributed by atoms with van der Waals surface area (Å²) in [6.45, 7) is 2.18. The number of hydrogen-bond donors (Lipinski definition) is 3. The van der Waals surface area contributed by atoms with Gasteiger partial charge in [0, 0.05) is 12.8 Å². The van der Waals surface area contributed by atoms with E-state index in [2.05, 4.69) is 12.2 Å². The number of carbonyl (C=O) groups is 2. The number of carboxylic acids is 1. The van der Waals surface area contributed by atoms with Crippen LogP contribution in [0.1, 0.15) is 58.3 Å². The van der Waals surface area contributed by atoms with Crippen molar-refractivity contribution in [3.63, 3.8) is 0 Å². The van der Waals surface area contributed by atoms with Gasteiger partial charge in [-0.25, -0.2) is 0 Å². The molecule has 19 heavy (non-hydrogen) atoms. The van der Waals surface area contributed by atoms with E-state index in [0.29, 0.717) is 25.2 Å². The Bertz CT molecular complexity index is 309. The molecule has 0 spiro atoms. The highest BCUT2D eigenvalue weighted by atomic mass is 16.4. The van der Waals surface area contributed by atoms with Gasteiger partial charge in [-0.3, -0.25) is 9.59 Å². The van der Waals surface area contributed by atoms with Crippen molar-refractivity contribution < 1.29 is 19.8 Å². The van der Waals surface area contributed by atoms with Gasteiger partial charge in [-0.1, -0.05) is 6.92 Å². The van der Waals surface area contributed by atoms with Crippen LogP contribution in [0.25, 0.3) is 0 Å². The summed E-state index contributed by atoms with van der Waals surface area (Å²) < 4.78 is 0. The molecule has 0 bridgehead atoms. The van der Waals surface area contributed by atoms with E-state index in [9.17, 15) is 14.7 Å². The van der Waals surface area contributed by atoms with Crippen LogP contribution in [-0.4, -0.2) is 34.2 Å². The SMILES string of the molecule is CC1CCC(CO)(NC(=O)CCCCC(=O)O)CC1. The van der Waals surface area contributed by atoms with E-state index in [0.717, 1.165) is 25.7 Å². The highest BCUT2D eigenvalue weighted by molar-refractivity contribution is 5.76. The summed E-state index contributed by atoms with van der Waals surface area (Å²) in [7, 11) is 0. The fraction of sp³-hybridized carbons (Fsp3) is 0.857. The predicted molar refractivity (Wildman–Crippen MR) is 71.7 cm³/mol. The van der Waals surface area contributed by atoms with Crippen molar-refractivity contribution in [3.8, 4) is 0 Å². The van der Waals surface area contributed by atoms with Crippen LogP contribution >= 0.6 is 0 Å². The quantitative estimate of drug-likeness (QED) is 0.615. The first-order valence-electron chi connectivity index (χ1n) is 7.11. The molecule has 0 saturated heterocycles. The Balaban J connectivity index is 2.31. The summed E-state index contributed by atoms with van der Waals surface area (Å²) in [4.78, 5) is 22.2. The van der Waals surface area contributed by atoms with Gasteiger partial charge in [0.05, 0.1) is 12.1 Å². The van der Waals surface area contributed by atoms with Crippen molar-refractivity contribution in [2.75, 3.05) is 6.61 Å². The Morgan fingerprint density at radius 2 is 1.79 bits per heavy atom. The maximum absolute atomic E-state index is 11.8. The number of rotatable bonds is 7. The third-order valence-electron chi connectivity index (χ3n) is 3.98. The van der Waals surface area contributed by atoms with Crippen LogP contribution in [0.5, 0.6) is 0 Å². The minimum atomic E-state index is -0.825. The van der Waals surface area contributed by atoms with Crippen LogP contribution < -0.4 is 5.32 Å². The first-order valence-corrected chi connectivity index (χ1v) is 7.11. The number of aliphatic hydroxyl groups excluding tert-OH is 1. The Morgan fingerprint density at radius 3 is 2.32 bits per heavy atom. The maximum Gasteiger partial charge on any atom is 0.303 e. The standard InChI is InChI=1S/C14H25NO4/c1-11-6-8-14(10-16,9-7-11)15-12(17)4-2-3-5-13(18)19/h11,16H,2-10H2,1H3,(H,15,17)(H,18,19). The van der Waals surface area contributed by atoms with Gasteiger partial charge in [-0.15, -0.1) is 0 Å². The number of carbonyl (C=O) groups excluding carboxylic acids is 1. The molecule has 0 aliphatic heterocycles. The highest BCUT2D eigenvalue weighted by Gasteiger charge is 2.34. The fourth-order valence-electron chi connectivity index (χ4n) is 2.56. The zero-order valence-electron chi connectivity index (χ0n) is 11.7. The van der Waals surface area contributed by atoms with Gasteiger partial charge in [0.2, 0.25) is 5.91 Å². The summed E-state index contributed by atoms with van der Waals surface area (Å²) >= 11 is 0. The van der Waals surface area contributed by atoms with Gasteiger partial charge < -0.3 is 15.5 Å². The smallest absolute Gasteiger partial charge is 0.303 e. The van der Waals surface area contributed by atoms with E-state index in [1.807, 2.05) is 0 Å². The molecular weight excluding hydrogens is 246 g/mol. The third-order valence-corrected chi connectivity index (χ3v) is 3.98. The second kappa shape index (κ2) is 7.48. The molecule has 3 N–H and O–H groups in total. The normalized spacial score (nSPS) is 26.9. The van der Waals surface area contributed by atoms with Crippen LogP contribution in [0.15, 0.2) is 0 Å². The fourth-order valence-corrected chi connectivity index (χ4v) is 2.56. The largest absolute Gasteiger partial charge is 0.481 e. The molecule has 0 heterocycles. The second-order valence-corrected chi connectivity index (χ2v) is 5.77. The molecule has 0 aromatic heterocycles. The van der Waals surface area contributed by atoms with E-state index in [4.69, 9.17) is 5.11 Å². The second-order valence-electron chi connectivity index (χ2n) is 5.77. The Morgan fingerprint density at radius 1 is 1.21 bits per heavy atom. The first-order chi connectivity index (χ1) is 8.97. The van der Waals surface area contributed by atoms with Crippen molar-refractivity contribution in [2.24, 2.45) is 5.92 Å². The number of nitrogens with one attached hydrogen (secondary N) is 1. The lowest BCUT2D eigenvalue weighted by Crippen LogP contribution is -2.53. The number of amides is 1. The van der Waals surface area contributed by atoms with Crippen LogP contribution in [0.3, 0.4) is 0 Å². The molecule has 0 unspecified atom stereocenters. The van der Waals surface area contributed by atoms with Gasteiger partial charge in [0.25, 0.3) is 0 Å². The zero-order valence-corrected chi connectivity index (χ0v) is 11.7. The predicted octanol–water partition coefficient (Wildman–Crippen LogP) is 1.69. The van der Waals surface area contributed by atoms with E-state index < -0.39 is 11.5 Å². The van der Waals surface area contributed by atoms with Crippen LogP contribution in [0.4, 0.5) is 0 Å². The number of aliphatic hydroxyl groups is 1. The molecule has 110 valence electrons. The van der Waals surface area contributed by atoms with E-state index in [-0.39, 0.29) is 18.9 Å². The Labute approximate surface area is 114 Å². The van der Waals surface area contributed by atoms with Gasteiger partial charge in [0.1, 0.15) is 0 Å². The topological polar surface area (TPSA) is 86.6 Å². The number of aliphatic carboxylic acids is 1. The van der Waals surface area contributed by atoms with Gasteiger partial charge in [-0.2, -0.15) is 0 Å². The molecular formula is C14H25NO4. The van der Waals surface area contributed by atoms with Gasteiger partial charge in [-0.05, 0) is 44.4 Å². The minimum absolute atomic E-state index is 0.0133. The maximum atomic E-state index is 11.8. The van der Waals surface area contributed by atoms with Crippen molar-refractivity contribution >= 4 is 11.9 Å². The Kier molecular flexibility index (Phi) is 6.28. The van der Waals surface area contributed by atoms with Crippen molar-refractivity contribution in [3.05, 3.63) is 0 Å².